The van der Waals surface area contributed by atoms with Crippen molar-refractivity contribution in [1.82, 2.24) is 10.6 Å². The van der Waals surface area contributed by atoms with Gasteiger partial charge in [-0.25, -0.2) is 4.79 Å². The summed E-state index contributed by atoms with van der Waals surface area (Å²) >= 11 is 7.59. The minimum Gasteiger partial charge on any atom is -0.454 e. The van der Waals surface area contributed by atoms with Crippen molar-refractivity contribution in [3.05, 3.63) is 34.9 Å². The van der Waals surface area contributed by atoms with E-state index in [1.807, 2.05) is 6.26 Å². The molecule has 27 heavy (non-hydrogen) atoms. The average molecular weight is 413 g/mol. The van der Waals surface area contributed by atoms with Gasteiger partial charge in [-0.1, -0.05) is 36.6 Å². The predicted molar refractivity (Wildman–Crippen MR) is 107 cm³/mol. The van der Waals surface area contributed by atoms with Gasteiger partial charge in [0.05, 0.1) is 10.6 Å². The monoisotopic (exact) mass is 412 g/mol. The smallest absolute Gasteiger partial charge is 0.329 e. The van der Waals surface area contributed by atoms with E-state index < -0.39 is 17.9 Å². The first-order chi connectivity index (χ1) is 13.0. The van der Waals surface area contributed by atoms with Gasteiger partial charge in [-0.05, 0) is 43.4 Å². The molecule has 0 aromatic heterocycles. The lowest BCUT2D eigenvalue weighted by Gasteiger charge is -2.18. The van der Waals surface area contributed by atoms with E-state index in [0.29, 0.717) is 22.8 Å². The Kier molecular flexibility index (Phi) is 8.94. The Bertz CT molecular complexity index is 665. The average Bonchev–Trinajstić information content (AvgIpc) is 3.16. The minimum atomic E-state index is -0.833. The van der Waals surface area contributed by atoms with Gasteiger partial charge in [0.15, 0.2) is 6.61 Å². The standard InChI is InChI=1S/C19H25ClN2O4S/c1-27-11-10-16(22-18(24)14-8-4-5-9-15(14)20)19(25)26-12-17(23)21-13-6-2-3-7-13/h4-5,8-9,13,16H,2-3,6-7,10-12H2,1H3,(H,21,23)(H,22,24)/t16-/m1/s1. The molecule has 0 heterocycles. The fourth-order valence-electron chi connectivity index (χ4n) is 2.94. The van der Waals surface area contributed by atoms with Crippen LogP contribution in [0.3, 0.4) is 0 Å². The number of thioether (sulfide) groups is 1. The Labute approximate surface area is 168 Å². The van der Waals surface area contributed by atoms with Crippen LogP contribution in [-0.2, 0) is 14.3 Å². The van der Waals surface area contributed by atoms with Crippen LogP contribution in [0.15, 0.2) is 24.3 Å². The Morgan fingerprint density at radius 1 is 1.26 bits per heavy atom. The fourth-order valence-corrected chi connectivity index (χ4v) is 3.64. The predicted octanol–water partition coefficient (Wildman–Crippen LogP) is 2.79. The van der Waals surface area contributed by atoms with Gasteiger partial charge in [0.1, 0.15) is 6.04 Å². The van der Waals surface area contributed by atoms with Gasteiger partial charge in [-0.3, -0.25) is 9.59 Å². The molecule has 0 radical (unpaired) electrons. The molecule has 0 spiro atoms. The number of amides is 2. The zero-order chi connectivity index (χ0) is 19.6. The van der Waals surface area contributed by atoms with Gasteiger partial charge in [-0.15, -0.1) is 0 Å². The highest BCUT2D eigenvalue weighted by atomic mass is 35.5. The molecule has 1 aromatic carbocycles. The summed E-state index contributed by atoms with van der Waals surface area (Å²) in [5, 5.41) is 5.84. The van der Waals surface area contributed by atoms with Crippen molar-refractivity contribution in [2.24, 2.45) is 0 Å². The van der Waals surface area contributed by atoms with E-state index in [0.717, 1.165) is 25.7 Å². The molecule has 6 nitrogen and oxygen atoms in total. The molecule has 1 aromatic rings. The molecule has 1 aliphatic rings. The molecule has 1 atom stereocenters. The van der Waals surface area contributed by atoms with Gasteiger partial charge in [-0.2, -0.15) is 11.8 Å². The second-order valence-corrected chi connectivity index (χ2v) is 7.84. The molecule has 8 heteroatoms. The van der Waals surface area contributed by atoms with Crippen LogP contribution < -0.4 is 10.6 Å². The highest BCUT2D eigenvalue weighted by molar-refractivity contribution is 7.98. The summed E-state index contributed by atoms with van der Waals surface area (Å²) in [6.07, 6.45) is 6.45. The molecule has 2 amide bonds. The number of benzene rings is 1. The van der Waals surface area contributed by atoms with Crippen molar-refractivity contribution < 1.29 is 19.1 Å². The molecule has 1 aliphatic carbocycles. The minimum absolute atomic E-state index is 0.170. The normalized spacial score (nSPS) is 15.2. The Balaban J connectivity index is 1.89. The first-order valence-electron chi connectivity index (χ1n) is 9.01. The van der Waals surface area contributed by atoms with Crippen LogP contribution in [0.25, 0.3) is 0 Å². The molecule has 148 valence electrons. The second kappa shape index (κ2) is 11.2. The van der Waals surface area contributed by atoms with Crippen molar-refractivity contribution in [3.8, 4) is 0 Å². The van der Waals surface area contributed by atoms with Crippen LogP contribution in [0, 0.1) is 0 Å². The summed E-state index contributed by atoms with van der Waals surface area (Å²) in [5.41, 5.74) is 0.292. The summed E-state index contributed by atoms with van der Waals surface area (Å²) < 4.78 is 5.13. The third-order valence-corrected chi connectivity index (χ3v) is 5.36. The maximum absolute atomic E-state index is 12.4. The Morgan fingerprint density at radius 2 is 1.96 bits per heavy atom. The van der Waals surface area contributed by atoms with E-state index in [1.165, 1.54) is 0 Å². The summed E-state index contributed by atoms with van der Waals surface area (Å²) in [6, 6.07) is 5.96. The van der Waals surface area contributed by atoms with E-state index in [2.05, 4.69) is 10.6 Å². The third kappa shape index (κ3) is 7.07. The topological polar surface area (TPSA) is 84.5 Å². The van der Waals surface area contributed by atoms with Gasteiger partial charge in [0.25, 0.3) is 11.8 Å². The number of rotatable bonds is 9. The van der Waals surface area contributed by atoms with Crippen LogP contribution in [0.2, 0.25) is 5.02 Å². The SMILES string of the molecule is CSCC[C@@H](NC(=O)c1ccccc1Cl)C(=O)OCC(=O)NC1CCCC1. The molecule has 0 aliphatic heterocycles. The van der Waals surface area contributed by atoms with Crippen molar-refractivity contribution >= 4 is 41.1 Å². The van der Waals surface area contributed by atoms with Crippen LogP contribution in [0.4, 0.5) is 0 Å². The van der Waals surface area contributed by atoms with Crippen molar-refractivity contribution in [1.29, 1.82) is 0 Å². The summed E-state index contributed by atoms with van der Waals surface area (Å²) in [7, 11) is 0. The number of hydrogen-bond acceptors (Lipinski definition) is 5. The lowest BCUT2D eigenvalue weighted by molar-refractivity contribution is -0.150. The van der Waals surface area contributed by atoms with Crippen molar-refractivity contribution in [2.45, 2.75) is 44.2 Å². The zero-order valence-corrected chi connectivity index (χ0v) is 16.9. The fraction of sp³-hybridized carbons (Fsp3) is 0.526. The van der Waals surface area contributed by atoms with E-state index in [-0.39, 0.29) is 18.6 Å². The third-order valence-electron chi connectivity index (χ3n) is 4.38. The number of nitrogens with one attached hydrogen (secondary N) is 2. The molecule has 0 unspecified atom stereocenters. The molecule has 0 saturated heterocycles. The van der Waals surface area contributed by atoms with E-state index >= 15 is 0 Å². The maximum Gasteiger partial charge on any atom is 0.329 e. The number of hydrogen-bond donors (Lipinski definition) is 2. The second-order valence-electron chi connectivity index (χ2n) is 6.44. The lowest BCUT2D eigenvalue weighted by Crippen LogP contribution is -2.44. The molecular formula is C19H25ClN2O4S. The van der Waals surface area contributed by atoms with Crippen LogP contribution in [-0.4, -0.2) is 48.5 Å². The molecule has 2 N–H and O–H groups in total. The summed E-state index contributed by atoms with van der Waals surface area (Å²) in [6.45, 7) is -0.340. The maximum atomic E-state index is 12.4. The highest BCUT2D eigenvalue weighted by Gasteiger charge is 2.25. The van der Waals surface area contributed by atoms with Crippen molar-refractivity contribution in [3.63, 3.8) is 0 Å². The summed E-state index contributed by atoms with van der Waals surface area (Å²) in [4.78, 5) is 36.7. The quantitative estimate of drug-likeness (QED) is 0.609. The number of carbonyl (C=O) groups excluding carboxylic acids is 3. The number of esters is 1. The number of halogens is 1. The number of ether oxygens (including phenoxy) is 1. The van der Waals surface area contributed by atoms with Crippen LogP contribution >= 0.6 is 23.4 Å². The first kappa shape index (κ1) is 21.6. The molecular weight excluding hydrogens is 388 g/mol. The van der Waals surface area contributed by atoms with Crippen LogP contribution in [0.1, 0.15) is 42.5 Å². The first-order valence-corrected chi connectivity index (χ1v) is 10.8. The summed E-state index contributed by atoms with van der Waals surface area (Å²) in [5.74, 6) is -0.710. The van der Waals surface area contributed by atoms with Gasteiger partial charge in [0.2, 0.25) is 0 Å². The lowest BCUT2D eigenvalue weighted by atomic mass is 10.1. The molecule has 2 rings (SSSR count). The van der Waals surface area contributed by atoms with Crippen molar-refractivity contribution in [2.75, 3.05) is 18.6 Å². The van der Waals surface area contributed by atoms with Gasteiger partial charge in [0, 0.05) is 6.04 Å². The van der Waals surface area contributed by atoms with E-state index in [4.69, 9.17) is 16.3 Å². The highest BCUT2D eigenvalue weighted by Crippen LogP contribution is 2.17. The van der Waals surface area contributed by atoms with Gasteiger partial charge < -0.3 is 15.4 Å². The van der Waals surface area contributed by atoms with Crippen LogP contribution in [0.5, 0.6) is 0 Å². The molecule has 1 fully saturated rings. The van der Waals surface area contributed by atoms with Gasteiger partial charge >= 0.3 is 5.97 Å². The largest absolute Gasteiger partial charge is 0.454 e. The Hall–Kier alpha value is -1.73. The van der Waals surface area contributed by atoms with E-state index in [1.54, 1.807) is 36.0 Å². The Morgan fingerprint density at radius 3 is 2.63 bits per heavy atom. The van der Waals surface area contributed by atoms with E-state index in [9.17, 15) is 14.4 Å². The number of carbonyl (C=O) groups is 3. The zero-order valence-electron chi connectivity index (χ0n) is 15.3. The molecule has 0 bridgehead atoms. The molecule has 1 saturated carbocycles.